The molecule has 2 atom stereocenters. The maximum absolute atomic E-state index is 11.0. The first-order chi connectivity index (χ1) is 6.69. The molecule has 0 heterocycles. The van der Waals surface area contributed by atoms with Gasteiger partial charge in [0.1, 0.15) is 6.61 Å². The molecule has 9 heteroatoms. The minimum Gasteiger partial charge on any atom is -0.479 e. The lowest BCUT2D eigenvalue weighted by molar-refractivity contribution is -0.173. The molecule has 15 heavy (non-hydrogen) atoms. The van der Waals surface area contributed by atoms with Crippen molar-refractivity contribution in [3.63, 3.8) is 0 Å². The number of carboxylic acid groups (broad SMARTS) is 1. The molecule has 0 spiro atoms. The fourth-order valence-corrected chi connectivity index (χ4v) is 0.873. The van der Waals surface area contributed by atoms with Gasteiger partial charge in [-0.05, 0) is 6.92 Å². The summed E-state index contributed by atoms with van der Waals surface area (Å²) in [6, 6.07) is 0. The Labute approximate surface area is 85.7 Å². The van der Waals surface area contributed by atoms with E-state index >= 15 is 0 Å². The van der Waals surface area contributed by atoms with Crippen LogP contribution in [0, 0.1) is 0 Å². The van der Waals surface area contributed by atoms with E-state index in [-0.39, 0.29) is 0 Å². The van der Waals surface area contributed by atoms with Gasteiger partial charge < -0.3 is 29.6 Å². The molecule has 2 unspecified atom stereocenters. The van der Waals surface area contributed by atoms with E-state index < -0.39 is 38.7 Å². The van der Waals surface area contributed by atoms with Crippen molar-refractivity contribution in [2.24, 2.45) is 0 Å². The molecule has 0 radical (unpaired) electrons. The summed E-state index contributed by atoms with van der Waals surface area (Å²) in [4.78, 5) is 38.0. The van der Waals surface area contributed by atoms with Gasteiger partial charge in [-0.1, -0.05) is 0 Å². The van der Waals surface area contributed by atoms with Crippen molar-refractivity contribution in [3.8, 4) is 0 Å². The van der Waals surface area contributed by atoms with Crippen LogP contribution in [0.4, 0.5) is 0 Å². The molecule has 0 rings (SSSR count). The van der Waals surface area contributed by atoms with Crippen molar-refractivity contribution in [2.45, 2.75) is 18.6 Å². The number of aliphatic carboxylic acids is 1. The van der Waals surface area contributed by atoms with Gasteiger partial charge in [0.05, 0.1) is 0 Å². The molecule has 0 aromatic rings. The summed E-state index contributed by atoms with van der Waals surface area (Å²) in [5.41, 5.74) is -2.64. The summed E-state index contributed by atoms with van der Waals surface area (Å²) in [6.07, 6.45) is -2.20. The molecule has 0 aliphatic carbocycles. The van der Waals surface area contributed by atoms with Crippen molar-refractivity contribution in [2.75, 3.05) is 6.61 Å². The average molecular weight is 242 g/mol. The van der Waals surface area contributed by atoms with Crippen LogP contribution in [-0.2, 0) is 14.1 Å². The zero-order chi connectivity index (χ0) is 12.2. The fraction of sp³-hybridized carbons (Fsp3) is 0.667. The topological polar surface area (TPSA) is 145 Å². The van der Waals surface area contributed by atoms with Gasteiger partial charge in [0.2, 0.25) is 0 Å². The fourth-order valence-electron chi connectivity index (χ4n) is 0.631. The van der Waals surface area contributed by atoms with Crippen molar-refractivity contribution < 1.29 is 39.2 Å². The van der Waals surface area contributed by atoms with E-state index in [4.69, 9.17) is 25.1 Å². The summed E-state index contributed by atoms with van der Waals surface area (Å²) in [6.45, 7) is -0.165. The van der Waals surface area contributed by atoms with E-state index in [1.807, 2.05) is 0 Å². The van der Waals surface area contributed by atoms with Gasteiger partial charge in [-0.2, -0.15) is 0 Å². The molecular formula is C6H11O8P. The first-order valence-electron chi connectivity index (χ1n) is 3.67. The molecule has 5 N–H and O–H groups in total. The number of ketones is 1. The average Bonchev–Trinajstić information content (AvgIpc) is 2.12. The van der Waals surface area contributed by atoms with Gasteiger partial charge in [0.15, 0.2) is 17.5 Å². The minimum atomic E-state index is -2.77. The van der Waals surface area contributed by atoms with Gasteiger partial charge in [-0.25, -0.2) is 4.79 Å². The quantitative estimate of drug-likeness (QED) is 0.335. The number of aliphatic hydroxyl groups excluding tert-OH is 1. The van der Waals surface area contributed by atoms with Gasteiger partial charge >= 0.3 is 14.6 Å². The van der Waals surface area contributed by atoms with Crippen LogP contribution in [0.15, 0.2) is 0 Å². The Kier molecular flexibility index (Phi) is 5.22. The van der Waals surface area contributed by atoms with E-state index in [2.05, 4.69) is 4.52 Å². The molecule has 0 fully saturated rings. The van der Waals surface area contributed by atoms with Crippen LogP contribution in [-0.4, -0.2) is 55.2 Å². The van der Waals surface area contributed by atoms with Crippen LogP contribution in [0.2, 0.25) is 0 Å². The van der Waals surface area contributed by atoms with E-state index in [0.717, 1.165) is 6.92 Å². The molecule has 0 aromatic heterocycles. The maximum atomic E-state index is 11.0. The number of hydrogen-bond donors (Lipinski definition) is 5. The molecule has 0 aliphatic heterocycles. The van der Waals surface area contributed by atoms with Crippen LogP contribution in [0.3, 0.4) is 0 Å². The number of rotatable bonds is 6. The summed E-state index contributed by atoms with van der Waals surface area (Å²) in [5, 5.41) is 26.7. The first kappa shape index (κ1) is 14.4. The zero-order valence-corrected chi connectivity index (χ0v) is 8.59. The van der Waals surface area contributed by atoms with Gasteiger partial charge in [-0.15, -0.1) is 0 Å². The third-order valence-electron chi connectivity index (χ3n) is 1.59. The van der Waals surface area contributed by atoms with E-state index in [1.54, 1.807) is 0 Å². The lowest BCUT2D eigenvalue weighted by Gasteiger charge is -2.23. The molecule has 0 amide bonds. The smallest absolute Gasteiger partial charge is 0.338 e. The summed E-state index contributed by atoms with van der Waals surface area (Å²) >= 11 is 0. The van der Waals surface area contributed by atoms with Crippen LogP contribution in [0.5, 0.6) is 0 Å². The maximum Gasteiger partial charge on any atom is 0.338 e. The van der Waals surface area contributed by atoms with Crippen LogP contribution >= 0.6 is 8.60 Å². The molecule has 8 nitrogen and oxygen atoms in total. The van der Waals surface area contributed by atoms with Crippen molar-refractivity contribution in [1.29, 1.82) is 0 Å². The molecule has 0 aliphatic rings. The normalized spacial score (nSPS) is 17.2. The third kappa shape index (κ3) is 4.17. The largest absolute Gasteiger partial charge is 0.479 e. The van der Waals surface area contributed by atoms with Crippen molar-refractivity contribution in [3.05, 3.63) is 0 Å². The van der Waals surface area contributed by atoms with Crippen molar-refractivity contribution >= 4 is 20.4 Å². The number of aliphatic hydroxyl groups is 2. The molecule has 0 saturated carbocycles. The summed E-state index contributed by atoms with van der Waals surface area (Å²) in [5.74, 6) is -2.95. The standard InChI is InChI=1S/C6H11O8P/c1-6(11,5(9)10)4(8)3(7)2-14-15(12)13/h4,8,11-13H,2H2,1H3,(H,9,10). The number of Topliss-reactive ketones (excluding diaryl/α,β-unsaturated/α-hetero) is 1. The second-order valence-electron chi connectivity index (χ2n) is 2.85. The Morgan fingerprint density at radius 1 is 1.47 bits per heavy atom. The summed E-state index contributed by atoms with van der Waals surface area (Å²) in [7, 11) is -2.77. The Morgan fingerprint density at radius 3 is 2.27 bits per heavy atom. The van der Waals surface area contributed by atoms with Crippen molar-refractivity contribution in [1.82, 2.24) is 0 Å². The summed E-state index contributed by atoms with van der Waals surface area (Å²) < 4.78 is 4.06. The Hall–Kier alpha value is -0.630. The van der Waals surface area contributed by atoms with E-state index in [1.165, 1.54) is 0 Å². The second kappa shape index (κ2) is 5.45. The van der Waals surface area contributed by atoms with Crippen LogP contribution < -0.4 is 0 Å². The van der Waals surface area contributed by atoms with Gasteiger partial charge in [0.25, 0.3) is 0 Å². The highest BCUT2D eigenvalue weighted by Gasteiger charge is 2.42. The predicted octanol–water partition coefficient (Wildman–Crippen LogP) is -2.02. The molecule has 0 saturated heterocycles. The first-order valence-corrected chi connectivity index (χ1v) is 4.83. The van der Waals surface area contributed by atoms with E-state index in [0.29, 0.717) is 0 Å². The minimum absolute atomic E-state index is 0.735. The zero-order valence-electron chi connectivity index (χ0n) is 7.69. The van der Waals surface area contributed by atoms with E-state index in [9.17, 15) is 9.59 Å². The third-order valence-corrected chi connectivity index (χ3v) is 1.95. The monoisotopic (exact) mass is 242 g/mol. The SMILES string of the molecule is CC(O)(C(=O)O)C(O)C(=O)COP(O)O. The highest BCUT2D eigenvalue weighted by atomic mass is 31.2. The Balaban J connectivity index is 4.38. The number of carbonyl (C=O) groups excluding carboxylic acids is 1. The second-order valence-corrected chi connectivity index (χ2v) is 3.61. The Morgan fingerprint density at radius 2 is 1.93 bits per heavy atom. The number of hydrogen-bond acceptors (Lipinski definition) is 7. The molecule has 0 aromatic carbocycles. The number of carboxylic acids is 1. The molecular weight excluding hydrogens is 231 g/mol. The lowest BCUT2D eigenvalue weighted by Crippen LogP contribution is -2.51. The van der Waals surface area contributed by atoms with Crippen LogP contribution in [0.25, 0.3) is 0 Å². The van der Waals surface area contributed by atoms with Gasteiger partial charge in [-0.3, -0.25) is 4.79 Å². The predicted molar refractivity (Wildman–Crippen MR) is 46.6 cm³/mol. The van der Waals surface area contributed by atoms with Gasteiger partial charge in [0, 0.05) is 0 Å². The Bertz CT molecular complexity index is 250. The highest BCUT2D eigenvalue weighted by Crippen LogP contribution is 2.24. The van der Waals surface area contributed by atoms with Crippen LogP contribution in [0.1, 0.15) is 6.92 Å². The lowest BCUT2D eigenvalue weighted by atomic mass is 9.96. The molecule has 0 bridgehead atoms. The highest BCUT2D eigenvalue weighted by molar-refractivity contribution is 7.39. The molecule has 88 valence electrons. The number of carbonyl (C=O) groups is 2.